The number of ether oxygens (including phenoxy) is 1. The van der Waals surface area contributed by atoms with Gasteiger partial charge in [0.05, 0.1) is 0 Å². The lowest BCUT2D eigenvalue weighted by Gasteiger charge is -2.38. The quantitative estimate of drug-likeness (QED) is 0.839. The molecule has 0 saturated carbocycles. The highest BCUT2D eigenvalue weighted by Crippen LogP contribution is 2.34. The average Bonchev–Trinajstić information content (AvgIpc) is 3.19. The fourth-order valence-electron chi connectivity index (χ4n) is 4.01. The Kier molecular flexibility index (Phi) is 5.30. The van der Waals surface area contributed by atoms with Crippen molar-refractivity contribution >= 4 is 17.6 Å². The first-order valence-electron chi connectivity index (χ1n) is 9.75. The fourth-order valence-corrected chi connectivity index (χ4v) is 4.01. The van der Waals surface area contributed by atoms with Crippen LogP contribution in [0, 0.1) is 0 Å². The minimum absolute atomic E-state index is 0.110. The maximum Gasteiger partial charge on any atom is 0.321 e. The Morgan fingerprint density at radius 3 is 2.61 bits per heavy atom. The zero-order chi connectivity index (χ0) is 19.4. The van der Waals surface area contributed by atoms with Gasteiger partial charge in [0.2, 0.25) is 0 Å². The predicted molar refractivity (Wildman–Crippen MR) is 108 cm³/mol. The van der Waals surface area contributed by atoms with E-state index < -0.39 is 0 Å². The van der Waals surface area contributed by atoms with Gasteiger partial charge >= 0.3 is 6.03 Å². The van der Waals surface area contributed by atoms with Crippen LogP contribution in [-0.4, -0.2) is 44.8 Å². The summed E-state index contributed by atoms with van der Waals surface area (Å²) in [6, 6.07) is 17.5. The Balaban J connectivity index is 1.49. The van der Waals surface area contributed by atoms with E-state index in [9.17, 15) is 9.59 Å². The van der Waals surface area contributed by atoms with Crippen molar-refractivity contribution in [1.29, 1.82) is 0 Å². The first-order chi connectivity index (χ1) is 13.7. The molecule has 0 aromatic heterocycles. The summed E-state index contributed by atoms with van der Waals surface area (Å²) in [5.74, 6) is -0.122. The summed E-state index contributed by atoms with van der Waals surface area (Å²) in [5.41, 5.74) is 2.43. The molecular weight excluding hydrogens is 354 g/mol. The molecule has 2 fully saturated rings. The van der Waals surface area contributed by atoms with Crippen LogP contribution in [0.4, 0.5) is 10.5 Å². The van der Waals surface area contributed by atoms with Gasteiger partial charge in [0.1, 0.15) is 0 Å². The molecule has 0 spiro atoms. The summed E-state index contributed by atoms with van der Waals surface area (Å²) in [6.45, 7) is 3.19. The third kappa shape index (κ3) is 3.73. The van der Waals surface area contributed by atoms with Crippen LogP contribution < -0.4 is 15.5 Å². The van der Waals surface area contributed by atoms with Crippen molar-refractivity contribution in [2.24, 2.45) is 0 Å². The van der Waals surface area contributed by atoms with E-state index in [1.165, 1.54) is 5.56 Å². The summed E-state index contributed by atoms with van der Waals surface area (Å²) >= 11 is 0. The van der Waals surface area contributed by atoms with Gasteiger partial charge in [-0.05, 0) is 36.6 Å². The molecule has 28 heavy (non-hydrogen) atoms. The minimum Gasteiger partial charge on any atom is -0.381 e. The lowest BCUT2D eigenvalue weighted by atomic mass is 9.74. The first kappa shape index (κ1) is 18.5. The third-order valence-corrected chi connectivity index (χ3v) is 5.70. The topological polar surface area (TPSA) is 70.7 Å². The van der Waals surface area contributed by atoms with Crippen LogP contribution in [-0.2, 0) is 10.2 Å². The van der Waals surface area contributed by atoms with Crippen LogP contribution in [0.3, 0.4) is 0 Å². The van der Waals surface area contributed by atoms with E-state index in [-0.39, 0.29) is 17.4 Å². The SMILES string of the molecule is O=C(NCC1(c2ccccc2)CCOCC1)c1cccc(N2CCNC2=O)c1. The van der Waals surface area contributed by atoms with Crippen LogP contribution in [0.2, 0.25) is 0 Å². The Labute approximate surface area is 164 Å². The molecule has 0 atom stereocenters. The lowest BCUT2D eigenvalue weighted by Crippen LogP contribution is -2.44. The summed E-state index contributed by atoms with van der Waals surface area (Å²) in [6.07, 6.45) is 1.76. The number of carbonyl (C=O) groups excluding carboxylic acids is 2. The molecule has 146 valence electrons. The number of rotatable bonds is 5. The van der Waals surface area contributed by atoms with Crippen molar-refractivity contribution in [1.82, 2.24) is 10.6 Å². The van der Waals surface area contributed by atoms with E-state index in [0.29, 0.717) is 38.4 Å². The van der Waals surface area contributed by atoms with Gasteiger partial charge in [0.15, 0.2) is 0 Å². The summed E-state index contributed by atoms with van der Waals surface area (Å²) in [7, 11) is 0. The third-order valence-electron chi connectivity index (χ3n) is 5.70. The molecule has 3 amide bonds. The van der Waals surface area contributed by atoms with Crippen LogP contribution in [0.25, 0.3) is 0 Å². The molecule has 2 aromatic rings. The Hall–Kier alpha value is -2.86. The summed E-state index contributed by atoms with van der Waals surface area (Å²) < 4.78 is 5.56. The fraction of sp³-hybridized carbons (Fsp3) is 0.364. The van der Waals surface area contributed by atoms with Crippen LogP contribution in [0.1, 0.15) is 28.8 Å². The van der Waals surface area contributed by atoms with Crippen LogP contribution in [0.5, 0.6) is 0 Å². The van der Waals surface area contributed by atoms with Crippen molar-refractivity contribution in [3.05, 3.63) is 65.7 Å². The van der Waals surface area contributed by atoms with Gasteiger partial charge < -0.3 is 15.4 Å². The van der Waals surface area contributed by atoms with Crippen LogP contribution in [0.15, 0.2) is 54.6 Å². The van der Waals surface area contributed by atoms with E-state index in [1.54, 1.807) is 17.0 Å². The molecular formula is C22H25N3O3. The second kappa shape index (κ2) is 8.02. The number of carbonyl (C=O) groups is 2. The number of hydrogen-bond acceptors (Lipinski definition) is 3. The summed E-state index contributed by atoms with van der Waals surface area (Å²) in [4.78, 5) is 26.4. The van der Waals surface area contributed by atoms with Gasteiger partial charge in [-0.2, -0.15) is 0 Å². The standard InChI is InChI=1S/C22H25N3O3/c26-20(17-5-4-8-19(15-17)25-12-11-23-21(25)27)24-16-22(9-13-28-14-10-22)18-6-2-1-3-7-18/h1-8,15H,9-14,16H2,(H,23,27)(H,24,26). The van der Waals surface area contributed by atoms with Crippen molar-refractivity contribution in [3.63, 3.8) is 0 Å². The van der Waals surface area contributed by atoms with E-state index in [1.807, 2.05) is 30.3 Å². The number of benzene rings is 2. The highest BCUT2D eigenvalue weighted by atomic mass is 16.5. The lowest BCUT2D eigenvalue weighted by molar-refractivity contribution is 0.0487. The van der Waals surface area contributed by atoms with E-state index >= 15 is 0 Å². The molecule has 6 nitrogen and oxygen atoms in total. The van der Waals surface area contributed by atoms with Gasteiger partial charge in [-0.3, -0.25) is 9.69 Å². The number of hydrogen-bond donors (Lipinski definition) is 2. The Morgan fingerprint density at radius 2 is 1.89 bits per heavy atom. The molecule has 2 N–H and O–H groups in total. The van der Waals surface area contributed by atoms with Crippen molar-refractivity contribution in [3.8, 4) is 0 Å². The zero-order valence-electron chi connectivity index (χ0n) is 15.8. The van der Waals surface area contributed by atoms with Gasteiger partial charge in [-0.1, -0.05) is 36.4 Å². The van der Waals surface area contributed by atoms with Crippen molar-refractivity contribution in [2.75, 3.05) is 37.7 Å². The molecule has 2 heterocycles. The predicted octanol–water partition coefficient (Wildman–Crippen LogP) is 2.69. The van der Waals surface area contributed by atoms with Crippen LogP contribution >= 0.6 is 0 Å². The smallest absolute Gasteiger partial charge is 0.321 e. The van der Waals surface area contributed by atoms with Gasteiger partial charge in [-0.15, -0.1) is 0 Å². The monoisotopic (exact) mass is 379 g/mol. The highest BCUT2D eigenvalue weighted by molar-refractivity contribution is 5.98. The Bertz CT molecular complexity index is 847. The summed E-state index contributed by atoms with van der Waals surface area (Å²) in [5, 5.41) is 5.91. The molecule has 6 heteroatoms. The normalized spacial score (nSPS) is 18.6. The van der Waals surface area contributed by atoms with Crippen molar-refractivity contribution < 1.29 is 14.3 Å². The van der Waals surface area contributed by atoms with Gasteiger partial charge in [0.25, 0.3) is 5.91 Å². The molecule has 0 radical (unpaired) electrons. The number of anilines is 1. The Morgan fingerprint density at radius 1 is 1.11 bits per heavy atom. The van der Waals surface area contributed by atoms with E-state index in [4.69, 9.17) is 4.74 Å². The molecule has 0 aliphatic carbocycles. The van der Waals surface area contributed by atoms with Crippen molar-refractivity contribution in [2.45, 2.75) is 18.3 Å². The number of urea groups is 1. The molecule has 2 aliphatic rings. The molecule has 0 bridgehead atoms. The molecule has 2 aliphatic heterocycles. The molecule has 4 rings (SSSR count). The second-order valence-electron chi connectivity index (χ2n) is 7.38. The minimum atomic E-state index is -0.122. The van der Waals surface area contributed by atoms with Gasteiger partial charge in [-0.25, -0.2) is 4.79 Å². The largest absolute Gasteiger partial charge is 0.381 e. The van der Waals surface area contributed by atoms with Gasteiger partial charge in [0, 0.05) is 49.5 Å². The second-order valence-corrected chi connectivity index (χ2v) is 7.38. The maximum atomic E-state index is 12.8. The number of nitrogens with zero attached hydrogens (tertiary/aromatic N) is 1. The number of nitrogens with one attached hydrogen (secondary N) is 2. The first-order valence-corrected chi connectivity index (χ1v) is 9.75. The molecule has 2 aromatic carbocycles. The zero-order valence-corrected chi connectivity index (χ0v) is 15.8. The molecule has 0 unspecified atom stereocenters. The van der Waals surface area contributed by atoms with E-state index in [0.717, 1.165) is 18.5 Å². The average molecular weight is 379 g/mol. The maximum absolute atomic E-state index is 12.8. The highest BCUT2D eigenvalue weighted by Gasteiger charge is 2.34. The van der Waals surface area contributed by atoms with E-state index in [2.05, 4.69) is 22.8 Å². The molecule has 2 saturated heterocycles. The number of amides is 3.